The molecule has 0 aliphatic heterocycles. The van der Waals surface area contributed by atoms with Crippen molar-refractivity contribution < 1.29 is 9.53 Å². The Morgan fingerprint density at radius 1 is 1.24 bits per heavy atom. The molecule has 1 heterocycles. The number of benzene rings is 2. The van der Waals surface area contributed by atoms with Crippen LogP contribution in [0.1, 0.15) is 22.8 Å². The highest BCUT2D eigenvalue weighted by atomic mass is 35.5. The van der Waals surface area contributed by atoms with Gasteiger partial charge < -0.3 is 4.74 Å². The van der Waals surface area contributed by atoms with Gasteiger partial charge >= 0.3 is 0 Å². The largest absolute Gasteiger partial charge is 0.495 e. The number of nitrogens with one attached hydrogen (secondary N) is 1. The maximum Gasteiger partial charge on any atom is 0.257 e. The Bertz CT molecular complexity index is 891. The van der Waals surface area contributed by atoms with Gasteiger partial charge in [-0.1, -0.05) is 30.7 Å². The number of aryl methyl sites for hydroxylation is 1. The van der Waals surface area contributed by atoms with Crippen molar-refractivity contribution in [3.8, 4) is 17.0 Å². The lowest BCUT2D eigenvalue weighted by Crippen LogP contribution is -2.11. The number of hydrogen-bond acceptors (Lipinski definition) is 4. The number of ether oxygens (including phenoxy) is 1. The van der Waals surface area contributed by atoms with E-state index in [0.717, 1.165) is 17.7 Å². The number of methoxy groups -OCH3 is 1. The van der Waals surface area contributed by atoms with Crippen LogP contribution in [-0.4, -0.2) is 18.0 Å². The SMILES string of the molecule is CCc1ccc(C(=O)Nc2nc(-c3ccc(OC)c(Cl)c3)cs2)cc1. The third-order valence-corrected chi connectivity index (χ3v) is 4.85. The Morgan fingerprint density at radius 3 is 2.64 bits per heavy atom. The molecule has 0 radical (unpaired) electrons. The Labute approximate surface area is 155 Å². The van der Waals surface area contributed by atoms with E-state index in [4.69, 9.17) is 16.3 Å². The molecule has 2 aromatic carbocycles. The van der Waals surface area contributed by atoms with Gasteiger partial charge in [-0.05, 0) is 42.3 Å². The van der Waals surface area contributed by atoms with Gasteiger partial charge in [-0.15, -0.1) is 11.3 Å². The number of nitrogens with zero attached hydrogens (tertiary/aromatic N) is 1. The van der Waals surface area contributed by atoms with Crippen molar-refractivity contribution >= 4 is 34.0 Å². The Morgan fingerprint density at radius 2 is 2.00 bits per heavy atom. The van der Waals surface area contributed by atoms with Crippen molar-refractivity contribution in [1.29, 1.82) is 0 Å². The van der Waals surface area contributed by atoms with Crippen LogP contribution in [0.2, 0.25) is 5.02 Å². The fraction of sp³-hybridized carbons (Fsp3) is 0.158. The summed E-state index contributed by atoms with van der Waals surface area (Å²) in [6.07, 6.45) is 0.947. The number of carbonyl (C=O) groups excluding carboxylic acids is 1. The van der Waals surface area contributed by atoms with Crippen LogP contribution >= 0.6 is 22.9 Å². The standard InChI is InChI=1S/C19H17ClN2O2S/c1-3-12-4-6-13(7-5-12)18(23)22-19-21-16(11-25-19)14-8-9-17(24-2)15(20)10-14/h4-11H,3H2,1-2H3,(H,21,22,23). The molecule has 3 rings (SSSR count). The average Bonchev–Trinajstić information content (AvgIpc) is 3.10. The molecule has 3 aromatic rings. The molecule has 0 spiro atoms. The fourth-order valence-corrected chi connectivity index (χ4v) is 3.32. The van der Waals surface area contributed by atoms with Crippen molar-refractivity contribution in [3.63, 3.8) is 0 Å². The number of rotatable bonds is 5. The molecule has 1 amide bonds. The van der Waals surface area contributed by atoms with E-state index in [2.05, 4.69) is 17.2 Å². The van der Waals surface area contributed by atoms with E-state index < -0.39 is 0 Å². The van der Waals surface area contributed by atoms with Crippen LogP contribution in [0.3, 0.4) is 0 Å². The van der Waals surface area contributed by atoms with Crippen molar-refractivity contribution in [2.75, 3.05) is 12.4 Å². The van der Waals surface area contributed by atoms with E-state index in [9.17, 15) is 4.79 Å². The number of hydrogen-bond donors (Lipinski definition) is 1. The number of anilines is 1. The first-order chi connectivity index (χ1) is 12.1. The normalized spacial score (nSPS) is 10.5. The van der Waals surface area contributed by atoms with Gasteiger partial charge in [0.25, 0.3) is 5.91 Å². The van der Waals surface area contributed by atoms with E-state index in [1.54, 1.807) is 19.2 Å². The molecule has 0 atom stereocenters. The van der Waals surface area contributed by atoms with Crippen molar-refractivity contribution in [3.05, 3.63) is 64.0 Å². The fourth-order valence-electron chi connectivity index (χ4n) is 2.35. The van der Waals surface area contributed by atoms with Gasteiger partial charge in [0.15, 0.2) is 5.13 Å². The average molecular weight is 373 g/mol. The number of halogens is 1. The van der Waals surface area contributed by atoms with Crippen molar-refractivity contribution in [2.45, 2.75) is 13.3 Å². The maximum atomic E-state index is 12.3. The molecule has 6 heteroatoms. The van der Waals surface area contributed by atoms with Gasteiger partial charge in [-0.3, -0.25) is 10.1 Å². The maximum absolute atomic E-state index is 12.3. The molecule has 0 fully saturated rings. The molecule has 128 valence electrons. The molecule has 0 saturated carbocycles. The minimum Gasteiger partial charge on any atom is -0.495 e. The summed E-state index contributed by atoms with van der Waals surface area (Å²) in [6.45, 7) is 2.08. The highest BCUT2D eigenvalue weighted by molar-refractivity contribution is 7.14. The summed E-state index contributed by atoms with van der Waals surface area (Å²) < 4.78 is 5.15. The molecule has 4 nitrogen and oxygen atoms in total. The molecule has 0 saturated heterocycles. The Kier molecular flexibility index (Phi) is 5.36. The number of carbonyl (C=O) groups is 1. The summed E-state index contributed by atoms with van der Waals surface area (Å²) in [5, 5.41) is 5.79. The van der Waals surface area contributed by atoms with E-state index in [0.29, 0.717) is 21.5 Å². The van der Waals surface area contributed by atoms with E-state index in [1.165, 1.54) is 16.9 Å². The lowest BCUT2D eigenvalue weighted by molar-refractivity contribution is 0.102. The van der Waals surface area contributed by atoms with Gasteiger partial charge in [0.1, 0.15) is 5.75 Å². The van der Waals surface area contributed by atoms with Crippen LogP contribution in [0.25, 0.3) is 11.3 Å². The molecule has 0 aliphatic rings. The summed E-state index contributed by atoms with van der Waals surface area (Å²) in [4.78, 5) is 16.8. The zero-order valence-corrected chi connectivity index (χ0v) is 15.4. The van der Waals surface area contributed by atoms with Crippen LogP contribution < -0.4 is 10.1 Å². The quantitative estimate of drug-likeness (QED) is 0.662. The van der Waals surface area contributed by atoms with Gasteiger partial charge in [-0.2, -0.15) is 0 Å². The molecular weight excluding hydrogens is 356 g/mol. The summed E-state index contributed by atoms with van der Waals surface area (Å²) in [6, 6.07) is 13.0. The topological polar surface area (TPSA) is 51.2 Å². The van der Waals surface area contributed by atoms with Gasteiger partial charge in [0.05, 0.1) is 17.8 Å². The van der Waals surface area contributed by atoms with Gasteiger partial charge in [-0.25, -0.2) is 4.98 Å². The molecular formula is C19H17ClN2O2S. The molecule has 25 heavy (non-hydrogen) atoms. The minimum atomic E-state index is -0.170. The second kappa shape index (κ2) is 7.68. The highest BCUT2D eigenvalue weighted by Crippen LogP contribution is 2.31. The molecule has 0 aliphatic carbocycles. The Hall–Kier alpha value is -2.37. The molecule has 0 bridgehead atoms. The lowest BCUT2D eigenvalue weighted by atomic mass is 10.1. The number of amides is 1. The summed E-state index contributed by atoms with van der Waals surface area (Å²) >= 11 is 7.53. The third kappa shape index (κ3) is 4.00. The minimum absolute atomic E-state index is 0.170. The smallest absolute Gasteiger partial charge is 0.257 e. The molecule has 1 N–H and O–H groups in total. The van der Waals surface area contributed by atoms with E-state index in [-0.39, 0.29) is 5.91 Å². The summed E-state index contributed by atoms with van der Waals surface area (Å²) in [5.74, 6) is 0.445. The van der Waals surface area contributed by atoms with E-state index >= 15 is 0 Å². The van der Waals surface area contributed by atoms with Crippen molar-refractivity contribution in [2.24, 2.45) is 0 Å². The second-order valence-corrected chi connectivity index (χ2v) is 6.66. The summed E-state index contributed by atoms with van der Waals surface area (Å²) in [5.41, 5.74) is 3.44. The van der Waals surface area contributed by atoms with Crippen LogP contribution in [-0.2, 0) is 6.42 Å². The highest BCUT2D eigenvalue weighted by Gasteiger charge is 2.11. The van der Waals surface area contributed by atoms with Gasteiger partial charge in [0.2, 0.25) is 0 Å². The van der Waals surface area contributed by atoms with Crippen LogP contribution in [0.15, 0.2) is 47.8 Å². The molecule has 0 unspecified atom stereocenters. The molecule has 1 aromatic heterocycles. The van der Waals surface area contributed by atoms with Gasteiger partial charge in [0, 0.05) is 16.5 Å². The van der Waals surface area contributed by atoms with E-state index in [1.807, 2.05) is 35.7 Å². The monoisotopic (exact) mass is 372 g/mol. The van der Waals surface area contributed by atoms with Crippen LogP contribution in [0, 0.1) is 0 Å². The predicted octanol–water partition coefficient (Wildman–Crippen LogP) is 5.29. The first kappa shape index (κ1) is 17.5. The zero-order valence-electron chi connectivity index (χ0n) is 13.9. The first-order valence-corrected chi connectivity index (χ1v) is 9.06. The zero-order chi connectivity index (χ0) is 17.8. The second-order valence-electron chi connectivity index (χ2n) is 5.39. The Balaban J connectivity index is 1.74. The first-order valence-electron chi connectivity index (χ1n) is 7.80. The number of aromatic nitrogens is 1. The number of thiazole rings is 1. The van der Waals surface area contributed by atoms with Crippen LogP contribution in [0.5, 0.6) is 5.75 Å². The predicted molar refractivity (Wildman–Crippen MR) is 103 cm³/mol. The summed E-state index contributed by atoms with van der Waals surface area (Å²) in [7, 11) is 1.57. The van der Waals surface area contributed by atoms with Crippen LogP contribution in [0.4, 0.5) is 5.13 Å². The third-order valence-electron chi connectivity index (χ3n) is 3.80. The lowest BCUT2D eigenvalue weighted by Gasteiger charge is -2.04. The van der Waals surface area contributed by atoms with Crippen molar-refractivity contribution in [1.82, 2.24) is 4.98 Å².